The number of hydrogen-bond donors (Lipinski definition) is 0. The van der Waals surface area contributed by atoms with Gasteiger partial charge in [-0.1, -0.05) is 58.1 Å². The summed E-state index contributed by atoms with van der Waals surface area (Å²) in [7, 11) is -1.67. The van der Waals surface area contributed by atoms with E-state index in [2.05, 4.69) is 70.3 Å². The molecule has 0 N–H and O–H groups in total. The van der Waals surface area contributed by atoms with Gasteiger partial charge < -0.3 is 0 Å². The van der Waals surface area contributed by atoms with Crippen molar-refractivity contribution in [2.45, 2.75) is 38.9 Å². The first-order valence-corrected chi connectivity index (χ1v) is 11.5. The van der Waals surface area contributed by atoms with Crippen LogP contribution in [0.15, 0.2) is 36.4 Å². The molecule has 0 bridgehead atoms. The van der Waals surface area contributed by atoms with E-state index in [-0.39, 0.29) is 5.04 Å². The zero-order valence-electron chi connectivity index (χ0n) is 13.9. The highest BCUT2D eigenvalue weighted by Crippen LogP contribution is 2.40. The Morgan fingerprint density at radius 3 is 2.05 bits per heavy atom. The fraction of sp³-hybridized carbons (Fsp3) is 0.316. The van der Waals surface area contributed by atoms with Gasteiger partial charge in [-0.15, -0.1) is 11.3 Å². The largest absolute Gasteiger partial charge is 0.297 e. The molecule has 0 aliphatic heterocycles. The smallest absolute Gasteiger partial charge is 0.160 e. The molecule has 3 rings (SSSR count). The Labute approximate surface area is 137 Å². The molecule has 0 aliphatic rings. The molecule has 114 valence electrons. The molecule has 0 atom stereocenters. The predicted octanol–water partition coefficient (Wildman–Crippen LogP) is 5.58. The zero-order chi connectivity index (χ0) is 16.1. The van der Waals surface area contributed by atoms with E-state index < -0.39 is 8.07 Å². The lowest BCUT2D eigenvalue weighted by Gasteiger charge is -2.36. The van der Waals surface area contributed by atoms with E-state index in [0.717, 1.165) is 16.5 Å². The van der Waals surface area contributed by atoms with Crippen LogP contribution in [0.25, 0.3) is 21.5 Å². The van der Waals surface area contributed by atoms with Gasteiger partial charge in [-0.2, -0.15) is 0 Å². The number of hydrogen-bond acceptors (Lipinski definition) is 2. The van der Waals surface area contributed by atoms with Crippen molar-refractivity contribution in [3.63, 3.8) is 0 Å². The van der Waals surface area contributed by atoms with E-state index in [9.17, 15) is 4.79 Å². The molecular weight excluding hydrogens is 304 g/mol. The van der Waals surface area contributed by atoms with Crippen molar-refractivity contribution in [1.29, 1.82) is 0 Å². The van der Waals surface area contributed by atoms with Crippen molar-refractivity contribution < 1.29 is 4.79 Å². The molecule has 22 heavy (non-hydrogen) atoms. The molecule has 0 radical (unpaired) electrons. The van der Waals surface area contributed by atoms with E-state index in [1.807, 2.05) is 0 Å². The zero-order valence-corrected chi connectivity index (χ0v) is 15.7. The van der Waals surface area contributed by atoms with Crippen molar-refractivity contribution in [2.75, 3.05) is 0 Å². The van der Waals surface area contributed by atoms with Crippen LogP contribution in [0.4, 0.5) is 0 Å². The third-order valence-corrected chi connectivity index (χ3v) is 13.1. The van der Waals surface area contributed by atoms with Gasteiger partial charge in [0.05, 0.1) is 13.0 Å². The van der Waals surface area contributed by atoms with Crippen molar-refractivity contribution >= 4 is 51.7 Å². The summed E-state index contributed by atoms with van der Waals surface area (Å²) in [5, 5.41) is 5.13. The van der Waals surface area contributed by atoms with Crippen LogP contribution in [0, 0.1) is 0 Å². The summed E-state index contributed by atoms with van der Waals surface area (Å²) in [4.78, 5) is 12.4. The molecule has 0 spiro atoms. The van der Waals surface area contributed by atoms with Gasteiger partial charge >= 0.3 is 0 Å². The monoisotopic (exact) mass is 326 g/mol. The highest BCUT2D eigenvalue weighted by atomic mass is 32.1. The number of rotatable bonds is 2. The van der Waals surface area contributed by atoms with E-state index in [0.29, 0.717) is 0 Å². The number of aldehydes is 1. The first-order chi connectivity index (χ1) is 10.3. The fourth-order valence-electron chi connectivity index (χ4n) is 2.74. The van der Waals surface area contributed by atoms with Crippen LogP contribution in [0.5, 0.6) is 0 Å². The minimum absolute atomic E-state index is 0.260. The first kappa shape index (κ1) is 15.4. The van der Waals surface area contributed by atoms with E-state index in [4.69, 9.17) is 0 Å². The molecule has 0 unspecified atom stereocenters. The molecule has 3 heteroatoms. The number of benzene rings is 2. The average Bonchev–Trinajstić information content (AvgIpc) is 2.82. The lowest BCUT2D eigenvalue weighted by molar-refractivity contribution is 0.112. The molecule has 0 saturated heterocycles. The van der Waals surface area contributed by atoms with E-state index >= 15 is 0 Å². The molecule has 0 saturated carbocycles. The summed E-state index contributed by atoms with van der Waals surface area (Å²) < 4.78 is 1.45. The van der Waals surface area contributed by atoms with Gasteiger partial charge in [-0.3, -0.25) is 4.79 Å². The maximum Gasteiger partial charge on any atom is 0.160 e. The Morgan fingerprint density at radius 2 is 1.55 bits per heavy atom. The van der Waals surface area contributed by atoms with Crippen molar-refractivity contribution in [3.05, 3.63) is 41.3 Å². The number of carbonyl (C=O) groups is 1. The minimum Gasteiger partial charge on any atom is -0.297 e. The van der Waals surface area contributed by atoms with Gasteiger partial charge in [0, 0.05) is 5.39 Å². The van der Waals surface area contributed by atoms with Crippen LogP contribution in [0.3, 0.4) is 0 Å². The summed E-state index contributed by atoms with van der Waals surface area (Å²) in [6, 6.07) is 12.9. The second-order valence-corrected chi connectivity index (χ2v) is 14.2. The normalized spacial score (nSPS) is 13.0. The van der Waals surface area contributed by atoms with Gasteiger partial charge in [-0.05, 0) is 37.8 Å². The number of carbonyl (C=O) groups excluding carboxylic acids is 1. The third kappa shape index (κ3) is 2.24. The minimum atomic E-state index is -1.67. The van der Waals surface area contributed by atoms with Crippen molar-refractivity contribution in [1.82, 2.24) is 0 Å². The fourth-order valence-corrected chi connectivity index (χ4v) is 7.40. The maximum atomic E-state index is 11.6. The molecule has 3 aromatic rings. The first-order valence-electron chi connectivity index (χ1n) is 7.66. The third-order valence-electron chi connectivity index (χ3n) is 5.16. The van der Waals surface area contributed by atoms with Crippen LogP contribution in [-0.4, -0.2) is 14.4 Å². The standard InChI is InChI=1S/C19H22OSSi/c1-19(2,3)22(4,5)18-16-11-14-9-7-6-8-13(14)10-15(16)17(12-20)21-18/h6-12H,1-5H3. The van der Waals surface area contributed by atoms with Crippen LogP contribution in [-0.2, 0) is 0 Å². The quantitative estimate of drug-likeness (QED) is 0.443. The van der Waals surface area contributed by atoms with Gasteiger partial charge in [-0.25, -0.2) is 0 Å². The molecule has 2 aromatic carbocycles. The second kappa shape index (κ2) is 5.03. The lowest BCUT2D eigenvalue weighted by Crippen LogP contribution is -2.48. The topological polar surface area (TPSA) is 17.1 Å². The number of fused-ring (bicyclic) bond motifs is 2. The summed E-state index contributed by atoms with van der Waals surface area (Å²) in [6.07, 6.45) is 1.03. The Morgan fingerprint density at radius 1 is 1.00 bits per heavy atom. The van der Waals surface area contributed by atoms with Crippen LogP contribution >= 0.6 is 11.3 Å². The van der Waals surface area contributed by atoms with E-state index in [1.54, 1.807) is 11.3 Å². The van der Waals surface area contributed by atoms with Crippen LogP contribution in [0.1, 0.15) is 30.4 Å². The van der Waals surface area contributed by atoms with Gasteiger partial charge in [0.1, 0.15) is 0 Å². The Bertz CT molecular complexity index is 868. The molecule has 1 nitrogen and oxygen atoms in total. The van der Waals surface area contributed by atoms with E-state index in [1.165, 1.54) is 20.7 Å². The summed E-state index contributed by atoms with van der Waals surface area (Å²) in [5.74, 6) is 0. The summed E-state index contributed by atoms with van der Waals surface area (Å²) in [6.45, 7) is 11.8. The molecule has 0 fully saturated rings. The van der Waals surface area contributed by atoms with Gasteiger partial charge in [0.2, 0.25) is 0 Å². The summed E-state index contributed by atoms with van der Waals surface area (Å²) in [5.41, 5.74) is 0. The lowest BCUT2D eigenvalue weighted by atomic mass is 10.1. The number of thiophene rings is 1. The molecular formula is C19H22OSSi. The Kier molecular flexibility index (Phi) is 3.53. The average molecular weight is 327 g/mol. The molecule has 0 amide bonds. The molecule has 0 aliphatic carbocycles. The van der Waals surface area contributed by atoms with Crippen LogP contribution in [0.2, 0.25) is 18.1 Å². The van der Waals surface area contributed by atoms with Crippen molar-refractivity contribution in [3.8, 4) is 0 Å². The maximum absolute atomic E-state index is 11.6. The Balaban J connectivity index is 2.41. The summed E-state index contributed by atoms with van der Waals surface area (Å²) >= 11 is 1.71. The molecule has 1 heterocycles. The van der Waals surface area contributed by atoms with Crippen LogP contribution < -0.4 is 4.50 Å². The van der Waals surface area contributed by atoms with Gasteiger partial charge in [0.25, 0.3) is 0 Å². The highest BCUT2D eigenvalue weighted by Gasteiger charge is 2.39. The highest BCUT2D eigenvalue weighted by molar-refractivity contribution is 7.30. The van der Waals surface area contributed by atoms with Gasteiger partial charge in [0.15, 0.2) is 6.29 Å². The Hall–Kier alpha value is -1.45. The predicted molar refractivity (Wildman–Crippen MR) is 102 cm³/mol. The second-order valence-electron chi connectivity index (χ2n) is 7.53. The SMILES string of the molecule is CC(C)(C)[Si](C)(C)c1sc(C=O)c2cc3ccccc3cc12. The molecule has 1 aromatic heterocycles. The van der Waals surface area contributed by atoms with Crippen molar-refractivity contribution in [2.24, 2.45) is 0 Å².